The highest BCUT2D eigenvalue weighted by atomic mass is 16.6. The molecule has 0 bridgehead atoms. The number of aldehydes is 1. The van der Waals surface area contributed by atoms with Crippen molar-refractivity contribution in [2.45, 2.75) is 0 Å². The van der Waals surface area contributed by atoms with E-state index in [4.69, 9.17) is 0 Å². The van der Waals surface area contributed by atoms with Gasteiger partial charge in [0.2, 0.25) is 5.84 Å². The highest BCUT2D eigenvalue weighted by Gasteiger charge is 2.01. The SMILES string of the molecule is O=CC1=NOCN1. The molecule has 0 aromatic carbocycles. The molecule has 0 unspecified atom stereocenters. The minimum absolute atomic E-state index is 0.264. The number of hydrogen-bond donors (Lipinski definition) is 1. The molecule has 38 valence electrons. The van der Waals surface area contributed by atoms with Crippen molar-refractivity contribution in [3.63, 3.8) is 0 Å². The zero-order valence-corrected chi connectivity index (χ0v) is 3.55. The van der Waals surface area contributed by atoms with Crippen LogP contribution in [0, 0.1) is 0 Å². The van der Waals surface area contributed by atoms with Crippen molar-refractivity contribution in [2.75, 3.05) is 6.73 Å². The topological polar surface area (TPSA) is 50.7 Å². The van der Waals surface area contributed by atoms with Gasteiger partial charge in [0.1, 0.15) is 0 Å². The fraction of sp³-hybridized carbons (Fsp3) is 0.333. The first-order valence-electron chi connectivity index (χ1n) is 1.82. The molecule has 4 heteroatoms. The molecule has 0 aliphatic carbocycles. The molecule has 0 spiro atoms. The monoisotopic (exact) mass is 100 g/mol. The smallest absolute Gasteiger partial charge is 0.208 e. The second-order valence-electron chi connectivity index (χ2n) is 1.04. The van der Waals surface area contributed by atoms with Crippen LogP contribution in [-0.4, -0.2) is 18.9 Å². The molecule has 0 saturated carbocycles. The predicted molar refractivity (Wildman–Crippen MR) is 22.6 cm³/mol. The second kappa shape index (κ2) is 1.59. The highest BCUT2D eigenvalue weighted by Crippen LogP contribution is 1.81. The van der Waals surface area contributed by atoms with Crippen LogP contribution in [0.5, 0.6) is 0 Å². The summed E-state index contributed by atoms with van der Waals surface area (Å²) in [5, 5.41) is 5.86. The first kappa shape index (κ1) is 4.11. The van der Waals surface area contributed by atoms with Crippen molar-refractivity contribution in [3.8, 4) is 0 Å². The molecule has 7 heavy (non-hydrogen) atoms. The van der Waals surface area contributed by atoms with E-state index in [1.165, 1.54) is 0 Å². The summed E-state index contributed by atoms with van der Waals surface area (Å²) >= 11 is 0. The van der Waals surface area contributed by atoms with Crippen LogP contribution in [-0.2, 0) is 9.63 Å². The van der Waals surface area contributed by atoms with E-state index < -0.39 is 0 Å². The average Bonchev–Trinajstić information content (AvgIpc) is 2.14. The van der Waals surface area contributed by atoms with Crippen LogP contribution in [0.15, 0.2) is 5.16 Å². The van der Waals surface area contributed by atoms with E-state index >= 15 is 0 Å². The molecule has 0 radical (unpaired) electrons. The van der Waals surface area contributed by atoms with Crippen molar-refractivity contribution in [1.82, 2.24) is 5.32 Å². The number of rotatable bonds is 1. The molecule has 1 heterocycles. The van der Waals surface area contributed by atoms with Crippen molar-refractivity contribution in [2.24, 2.45) is 5.16 Å². The van der Waals surface area contributed by atoms with Crippen molar-refractivity contribution >= 4 is 12.1 Å². The number of nitrogens with one attached hydrogen (secondary N) is 1. The Morgan fingerprint density at radius 2 is 2.86 bits per heavy atom. The summed E-state index contributed by atoms with van der Waals surface area (Å²) in [5.74, 6) is 0.264. The normalized spacial score (nSPS) is 16.9. The molecule has 0 atom stereocenters. The van der Waals surface area contributed by atoms with Crippen LogP contribution in [0.2, 0.25) is 0 Å². The van der Waals surface area contributed by atoms with Crippen molar-refractivity contribution in [1.29, 1.82) is 0 Å². The van der Waals surface area contributed by atoms with E-state index in [-0.39, 0.29) is 5.84 Å². The number of carbonyl (C=O) groups excluding carboxylic acids is 1. The van der Waals surface area contributed by atoms with Gasteiger partial charge in [-0.15, -0.1) is 0 Å². The minimum Gasteiger partial charge on any atom is -0.372 e. The van der Waals surface area contributed by atoms with Gasteiger partial charge in [0, 0.05) is 0 Å². The Hall–Kier alpha value is -1.06. The summed E-state index contributed by atoms with van der Waals surface area (Å²) in [4.78, 5) is 14.1. The minimum atomic E-state index is 0.264. The Kier molecular flexibility index (Phi) is 0.934. The molecular weight excluding hydrogens is 96.0 g/mol. The standard InChI is InChI=1S/C3H4N2O2/c6-1-3-4-2-7-5-3/h1H,2H2,(H,4,5). The van der Waals surface area contributed by atoms with E-state index in [0.717, 1.165) is 0 Å². The Labute approximate surface area is 40.1 Å². The average molecular weight is 100 g/mol. The molecule has 0 aromatic heterocycles. The summed E-state index contributed by atoms with van der Waals surface area (Å²) in [7, 11) is 0. The van der Waals surface area contributed by atoms with Gasteiger partial charge < -0.3 is 10.2 Å². The van der Waals surface area contributed by atoms with Gasteiger partial charge >= 0.3 is 0 Å². The summed E-state index contributed by atoms with van der Waals surface area (Å²) in [6, 6.07) is 0. The maximum atomic E-state index is 9.73. The summed E-state index contributed by atoms with van der Waals surface area (Å²) < 4.78 is 0. The quantitative estimate of drug-likeness (QED) is 0.433. The lowest BCUT2D eigenvalue weighted by molar-refractivity contribution is -0.102. The van der Waals surface area contributed by atoms with Crippen LogP contribution in [0.3, 0.4) is 0 Å². The number of carbonyl (C=O) groups is 1. The Bertz CT molecular complexity index is 110. The Balaban J connectivity index is 2.51. The van der Waals surface area contributed by atoms with E-state index in [1.807, 2.05) is 0 Å². The fourth-order valence-corrected chi connectivity index (χ4v) is 0.303. The summed E-state index contributed by atoms with van der Waals surface area (Å²) in [6.45, 7) is 0.314. The maximum absolute atomic E-state index is 9.73. The summed E-state index contributed by atoms with van der Waals surface area (Å²) in [6.07, 6.45) is 0.604. The van der Waals surface area contributed by atoms with Gasteiger partial charge in [-0.1, -0.05) is 5.16 Å². The van der Waals surface area contributed by atoms with E-state index in [9.17, 15) is 4.79 Å². The Morgan fingerprint density at radius 1 is 2.00 bits per heavy atom. The zero-order valence-electron chi connectivity index (χ0n) is 3.55. The van der Waals surface area contributed by atoms with E-state index in [0.29, 0.717) is 13.0 Å². The molecule has 1 aliphatic rings. The lowest BCUT2D eigenvalue weighted by atomic mass is 10.7. The number of oxime groups is 1. The molecule has 1 aliphatic heterocycles. The molecule has 0 aromatic rings. The van der Waals surface area contributed by atoms with E-state index in [2.05, 4.69) is 15.3 Å². The van der Waals surface area contributed by atoms with Gasteiger partial charge in [-0.2, -0.15) is 0 Å². The maximum Gasteiger partial charge on any atom is 0.208 e. The van der Waals surface area contributed by atoms with E-state index in [1.54, 1.807) is 0 Å². The third-order valence-corrected chi connectivity index (χ3v) is 0.592. The zero-order chi connectivity index (χ0) is 5.11. The van der Waals surface area contributed by atoms with Gasteiger partial charge in [-0.3, -0.25) is 4.79 Å². The second-order valence-corrected chi connectivity index (χ2v) is 1.04. The molecule has 4 nitrogen and oxygen atoms in total. The first-order chi connectivity index (χ1) is 3.43. The lowest BCUT2D eigenvalue weighted by Gasteiger charge is -1.81. The Morgan fingerprint density at radius 3 is 3.14 bits per heavy atom. The van der Waals surface area contributed by atoms with Gasteiger partial charge in [0.05, 0.1) is 0 Å². The van der Waals surface area contributed by atoms with Gasteiger partial charge in [-0.05, 0) is 0 Å². The molecule has 1 rings (SSSR count). The van der Waals surface area contributed by atoms with Crippen LogP contribution in [0.25, 0.3) is 0 Å². The van der Waals surface area contributed by atoms with Crippen LogP contribution in [0.4, 0.5) is 0 Å². The molecule has 0 amide bonds. The third kappa shape index (κ3) is 0.677. The molecule has 1 N–H and O–H groups in total. The number of nitrogens with zero attached hydrogens (tertiary/aromatic N) is 1. The summed E-state index contributed by atoms with van der Waals surface area (Å²) in [5.41, 5.74) is 0. The third-order valence-electron chi connectivity index (χ3n) is 0.592. The number of amidine groups is 1. The van der Waals surface area contributed by atoms with Gasteiger partial charge in [0.25, 0.3) is 0 Å². The van der Waals surface area contributed by atoms with Gasteiger partial charge in [-0.25, -0.2) is 0 Å². The lowest BCUT2D eigenvalue weighted by Crippen LogP contribution is -2.18. The number of hydrogen-bond acceptors (Lipinski definition) is 4. The molecular formula is C3H4N2O2. The fourth-order valence-electron chi connectivity index (χ4n) is 0.303. The largest absolute Gasteiger partial charge is 0.372 e. The van der Waals surface area contributed by atoms with Crippen LogP contribution >= 0.6 is 0 Å². The predicted octanol–water partition coefficient (Wildman–Crippen LogP) is -0.924. The van der Waals surface area contributed by atoms with Crippen molar-refractivity contribution < 1.29 is 9.63 Å². The first-order valence-corrected chi connectivity index (χ1v) is 1.82. The van der Waals surface area contributed by atoms with Crippen LogP contribution < -0.4 is 5.32 Å². The van der Waals surface area contributed by atoms with Gasteiger partial charge in [0.15, 0.2) is 13.0 Å². The highest BCUT2D eigenvalue weighted by molar-refractivity contribution is 6.27. The van der Waals surface area contributed by atoms with Crippen LogP contribution in [0.1, 0.15) is 0 Å². The molecule has 0 saturated heterocycles. The van der Waals surface area contributed by atoms with Crippen molar-refractivity contribution in [3.05, 3.63) is 0 Å². The molecule has 0 fully saturated rings.